The molecule has 0 unspecified atom stereocenters. The molecule has 106 valence electrons. The van der Waals surface area contributed by atoms with Crippen LogP contribution in [0.15, 0.2) is 36.8 Å². The molecule has 0 atom stereocenters. The Labute approximate surface area is 129 Å². The Morgan fingerprint density at radius 3 is 2.67 bits per heavy atom. The van der Waals surface area contributed by atoms with Crippen molar-refractivity contribution in [2.24, 2.45) is 0 Å². The van der Waals surface area contributed by atoms with Gasteiger partial charge in [-0.2, -0.15) is 0 Å². The second-order valence-electron chi connectivity index (χ2n) is 4.41. The van der Waals surface area contributed by atoms with E-state index in [2.05, 4.69) is 9.97 Å². The molecule has 0 aromatic carbocycles. The SMILES string of the molecule is O=C(O)Cc1c(-c2ccncc2)nc2c(Cl)cc(Cl)cn12. The van der Waals surface area contributed by atoms with Crippen LogP contribution in [-0.4, -0.2) is 25.4 Å². The van der Waals surface area contributed by atoms with Crippen LogP contribution in [0, 0.1) is 0 Å². The van der Waals surface area contributed by atoms with Gasteiger partial charge < -0.3 is 9.51 Å². The molecule has 0 fully saturated rings. The Hall–Kier alpha value is -2.11. The predicted molar refractivity (Wildman–Crippen MR) is 79.8 cm³/mol. The molecule has 0 aliphatic carbocycles. The maximum atomic E-state index is 11.1. The average molecular weight is 322 g/mol. The van der Waals surface area contributed by atoms with Crippen molar-refractivity contribution in [3.63, 3.8) is 0 Å². The second kappa shape index (κ2) is 5.35. The van der Waals surface area contributed by atoms with Crippen LogP contribution in [0.1, 0.15) is 5.69 Å². The second-order valence-corrected chi connectivity index (χ2v) is 5.26. The smallest absolute Gasteiger partial charge is 0.309 e. The number of nitrogens with zero attached hydrogens (tertiary/aromatic N) is 3. The number of hydrogen-bond donors (Lipinski definition) is 1. The van der Waals surface area contributed by atoms with Crippen molar-refractivity contribution >= 4 is 34.8 Å². The molecule has 1 N–H and O–H groups in total. The van der Waals surface area contributed by atoms with Gasteiger partial charge in [0.05, 0.1) is 27.9 Å². The molecule has 3 aromatic heterocycles. The molecule has 3 heterocycles. The van der Waals surface area contributed by atoms with Gasteiger partial charge in [0.25, 0.3) is 0 Å². The van der Waals surface area contributed by atoms with E-state index in [1.807, 2.05) is 0 Å². The Kier molecular flexibility index (Phi) is 3.53. The van der Waals surface area contributed by atoms with Crippen LogP contribution >= 0.6 is 23.2 Å². The fourth-order valence-corrected chi connectivity index (χ4v) is 2.69. The first-order valence-corrected chi connectivity index (χ1v) is 6.80. The van der Waals surface area contributed by atoms with Crippen molar-refractivity contribution in [1.82, 2.24) is 14.4 Å². The van der Waals surface area contributed by atoms with Gasteiger partial charge >= 0.3 is 5.97 Å². The Morgan fingerprint density at radius 2 is 2.00 bits per heavy atom. The molecule has 3 rings (SSSR count). The number of aliphatic carboxylic acids is 1. The van der Waals surface area contributed by atoms with Gasteiger partial charge in [-0.3, -0.25) is 9.78 Å². The number of carbonyl (C=O) groups is 1. The molecular formula is C14H9Cl2N3O2. The highest BCUT2D eigenvalue weighted by Crippen LogP contribution is 2.29. The van der Waals surface area contributed by atoms with E-state index in [0.29, 0.717) is 27.1 Å². The number of rotatable bonds is 3. The highest BCUT2D eigenvalue weighted by Gasteiger charge is 2.18. The number of pyridine rings is 2. The maximum absolute atomic E-state index is 11.1. The zero-order valence-corrected chi connectivity index (χ0v) is 12.1. The first-order valence-electron chi connectivity index (χ1n) is 6.04. The van der Waals surface area contributed by atoms with E-state index in [1.54, 1.807) is 41.2 Å². The lowest BCUT2D eigenvalue weighted by atomic mass is 10.1. The first kappa shape index (κ1) is 13.9. The van der Waals surface area contributed by atoms with Gasteiger partial charge in [0.2, 0.25) is 0 Å². The molecule has 0 radical (unpaired) electrons. The highest BCUT2D eigenvalue weighted by molar-refractivity contribution is 6.36. The zero-order valence-electron chi connectivity index (χ0n) is 10.6. The highest BCUT2D eigenvalue weighted by atomic mass is 35.5. The fraction of sp³-hybridized carbons (Fsp3) is 0.0714. The van der Waals surface area contributed by atoms with E-state index in [4.69, 9.17) is 28.3 Å². The van der Waals surface area contributed by atoms with Gasteiger partial charge in [-0.05, 0) is 18.2 Å². The molecule has 0 aliphatic heterocycles. The van der Waals surface area contributed by atoms with Crippen LogP contribution in [0.2, 0.25) is 10.0 Å². The third-order valence-electron chi connectivity index (χ3n) is 3.01. The van der Waals surface area contributed by atoms with Crippen LogP contribution in [0.5, 0.6) is 0 Å². The molecule has 0 amide bonds. The van der Waals surface area contributed by atoms with Crippen LogP contribution in [-0.2, 0) is 11.2 Å². The van der Waals surface area contributed by atoms with Crippen molar-refractivity contribution in [2.75, 3.05) is 0 Å². The molecular weight excluding hydrogens is 313 g/mol. The monoisotopic (exact) mass is 321 g/mol. The van der Waals surface area contributed by atoms with E-state index in [1.165, 1.54) is 0 Å². The summed E-state index contributed by atoms with van der Waals surface area (Å²) in [6, 6.07) is 5.11. The number of imidazole rings is 1. The van der Waals surface area contributed by atoms with Crippen LogP contribution < -0.4 is 0 Å². The lowest BCUT2D eigenvalue weighted by Crippen LogP contribution is -2.04. The first-order chi connectivity index (χ1) is 10.1. The Balaban J connectivity index is 2.33. The van der Waals surface area contributed by atoms with Crippen molar-refractivity contribution in [3.05, 3.63) is 52.5 Å². The molecule has 5 nitrogen and oxygen atoms in total. The zero-order chi connectivity index (χ0) is 15.0. The molecule has 7 heteroatoms. The van der Waals surface area contributed by atoms with Gasteiger partial charge in [0.15, 0.2) is 5.65 Å². The van der Waals surface area contributed by atoms with Gasteiger partial charge in [-0.15, -0.1) is 0 Å². The molecule has 0 saturated heterocycles. The topological polar surface area (TPSA) is 67.5 Å². The number of halogens is 2. The van der Waals surface area contributed by atoms with Crippen molar-refractivity contribution in [1.29, 1.82) is 0 Å². The van der Waals surface area contributed by atoms with Crippen LogP contribution in [0.4, 0.5) is 0 Å². The standard InChI is InChI=1S/C14H9Cl2N3O2/c15-9-5-10(16)14-18-13(8-1-3-17-4-2-8)11(6-12(20)21)19(14)7-9/h1-5,7H,6H2,(H,20,21). The third kappa shape index (κ3) is 2.57. The van der Waals surface area contributed by atoms with E-state index in [9.17, 15) is 4.79 Å². The van der Waals surface area contributed by atoms with E-state index in [0.717, 1.165) is 5.56 Å². The molecule has 21 heavy (non-hydrogen) atoms. The maximum Gasteiger partial charge on any atom is 0.309 e. The Morgan fingerprint density at radius 1 is 1.29 bits per heavy atom. The van der Waals surface area contributed by atoms with Gasteiger partial charge in [0, 0.05) is 24.2 Å². The number of carboxylic acid groups (broad SMARTS) is 1. The molecule has 0 aliphatic rings. The quantitative estimate of drug-likeness (QED) is 0.803. The predicted octanol–water partition coefficient (Wildman–Crippen LogP) is 3.33. The molecule has 3 aromatic rings. The third-order valence-corrected chi connectivity index (χ3v) is 3.50. The lowest BCUT2D eigenvalue weighted by molar-refractivity contribution is -0.136. The lowest BCUT2D eigenvalue weighted by Gasteiger charge is -2.03. The number of aromatic nitrogens is 3. The summed E-state index contributed by atoms with van der Waals surface area (Å²) < 4.78 is 1.62. The largest absolute Gasteiger partial charge is 0.481 e. The average Bonchev–Trinajstić information content (AvgIpc) is 2.78. The minimum Gasteiger partial charge on any atom is -0.481 e. The minimum absolute atomic E-state index is 0.185. The van der Waals surface area contributed by atoms with E-state index >= 15 is 0 Å². The van der Waals surface area contributed by atoms with E-state index in [-0.39, 0.29) is 6.42 Å². The normalized spacial score (nSPS) is 11.0. The fourth-order valence-electron chi connectivity index (χ4n) is 2.17. The summed E-state index contributed by atoms with van der Waals surface area (Å²) in [6.45, 7) is 0. The van der Waals surface area contributed by atoms with Crippen molar-refractivity contribution in [2.45, 2.75) is 6.42 Å². The number of hydrogen-bond acceptors (Lipinski definition) is 3. The summed E-state index contributed by atoms with van der Waals surface area (Å²) in [5.41, 5.74) is 2.33. The Bertz CT molecular complexity index is 831. The van der Waals surface area contributed by atoms with Gasteiger partial charge in [0.1, 0.15) is 0 Å². The minimum atomic E-state index is -0.955. The summed E-state index contributed by atoms with van der Waals surface area (Å²) >= 11 is 12.1. The van der Waals surface area contributed by atoms with Crippen LogP contribution in [0.3, 0.4) is 0 Å². The summed E-state index contributed by atoms with van der Waals surface area (Å²) in [5, 5.41) is 9.92. The number of carboxylic acids is 1. The van der Waals surface area contributed by atoms with Crippen molar-refractivity contribution < 1.29 is 9.90 Å². The van der Waals surface area contributed by atoms with Gasteiger partial charge in [-0.25, -0.2) is 4.98 Å². The summed E-state index contributed by atoms with van der Waals surface area (Å²) in [7, 11) is 0. The number of fused-ring (bicyclic) bond motifs is 1. The molecule has 0 spiro atoms. The van der Waals surface area contributed by atoms with Crippen molar-refractivity contribution in [3.8, 4) is 11.3 Å². The van der Waals surface area contributed by atoms with Crippen LogP contribution in [0.25, 0.3) is 16.9 Å². The molecule has 0 saturated carbocycles. The summed E-state index contributed by atoms with van der Waals surface area (Å²) in [4.78, 5) is 19.6. The summed E-state index contributed by atoms with van der Waals surface area (Å²) in [5.74, 6) is -0.955. The summed E-state index contributed by atoms with van der Waals surface area (Å²) in [6.07, 6.45) is 4.67. The molecule has 0 bridgehead atoms. The van der Waals surface area contributed by atoms with Gasteiger partial charge in [-0.1, -0.05) is 23.2 Å². The van der Waals surface area contributed by atoms with E-state index < -0.39 is 5.97 Å².